The number of nitrogens with zero attached hydrogens (tertiary/aromatic N) is 1. The van der Waals surface area contributed by atoms with Gasteiger partial charge in [0.15, 0.2) is 19.5 Å². The van der Waals surface area contributed by atoms with E-state index in [1.165, 1.54) is 0 Å². The van der Waals surface area contributed by atoms with Crippen molar-refractivity contribution >= 4 is 18.2 Å². The van der Waals surface area contributed by atoms with Gasteiger partial charge in [-0.1, -0.05) is 31.4 Å². The summed E-state index contributed by atoms with van der Waals surface area (Å²) >= 11 is 0. The largest absolute Gasteiger partial charge is 0.481 e. The van der Waals surface area contributed by atoms with Crippen molar-refractivity contribution in [3.05, 3.63) is 29.8 Å². The summed E-state index contributed by atoms with van der Waals surface area (Å²) in [4.78, 5) is 34.5. The molecule has 0 aliphatic heterocycles. The topological polar surface area (TPSA) is 105 Å². The fraction of sp³-hybridized carbons (Fsp3) is 0.444. The van der Waals surface area contributed by atoms with Crippen molar-refractivity contribution in [1.29, 1.82) is 5.26 Å². The van der Waals surface area contributed by atoms with Crippen LogP contribution in [0.3, 0.4) is 0 Å². The Morgan fingerprint density at radius 1 is 1.20 bits per heavy atom. The van der Waals surface area contributed by atoms with Crippen LogP contribution in [0.25, 0.3) is 0 Å². The number of nitrogens with one attached hydrogen (secondary N) is 1. The van der Waals surface area contributed by atoms with E-state index in [2.05, 4.69) is 11.4 Å². The van der Waals surface area contributed by atoms with Gasteiger partial charge in [0.2, 0.25) is 0 Å². The third kappa shape index (κ3) is 5.31. The Kier molecular flexibility index (Phi) is 6.52. The third-order valence-electron chi connectivity index (χ3n) is 4.06. The van der Waals surface area contributed by atoms with Crippen molar-refractivity contribution in [2.75, 3.05) is 13.2 Å². The van der Waals surface area contributed by atoms with Crippen LogP contribution in [0.1, 0.15) is 42.5 Å². The minimum atomic E-state index is -0.860. The smallest absolute Gasteiger partial charge is 0.344 e. The van der Waals surface area contributed by atoms with Crippen LogP contribution in [0, 0.1) is 11.3 Å². The summed E-state index contributed by atoms with van der Waals surface area (Å²) in [7, 11) is 0. The number of carbonyl (C=O) groups excluding carboxylic acids is 3. The van der Waals surface area contributed by atoms with E-state index in [9.17, 15) is 19.6 Å². The highest BCUT2D eigenvalue weighted by atomic mass is 16.6. The average molecular weight is 344 g/mol. The maximum Gasteiger partial charge on any atom is 0.344 e. The highest BCUT2D eigenvalue weighted by molar-refractivity contribution is 5.82. The van der Waals surface area contributed by atoms with Gasteiger partial charge in [0.25, 0.3) is 5.91 Å². The number of aldehydes is 1. The van der Waals surface area contributed by atoms with Crippen LogP contribution in [0.4, 0.5) is 0 Å². The second-order valence-electron chi connectivity index (χ2n) is 5.91. The zero-order chi connectivity index (χ0) is 18.1. The lowest BCUT2D eigenvalue weighted by Crippen LogP contribution is -2.50. The van der Waals surface area contributed by atoms with Crippen molar-refractivity contribution in [3.63, 3.8) is 0 Å². The fourth-order valence-corrected chi connectivity index (χ4v) is 2.76. The summed E-state index contributed by atoms with van der Waals surface area (Å²) < 4.78 is 10.1. The van der Waals surface area contributed by atoms with E-state index in [4.69, 9.17) is 9.47 Å². The van der Waals surface area contributed by atoms with E-state index in [1.807, 2.05) is 0 Å². The molecule has 2 rings (SSSR count). The zero-order valence-electron chi connectivity index (χ0n) is 13.8. The first-order valence-electron chi connectivity index (χ1n) is 8.13. The molecular formula is C18H20N2O5. The van der Waals surface area contributed by atoms with E-state index in [0.717, 1.165) is 19.3 Å². The Balaban J connectivity index is 1.76. The molecule has 0 bridgehead atoms. The van der Waals surface area contributed by atoms with Crippen LogP contribution in [-0.4, -0.2) is 36.9 Å². The summed E-state index contributed by atoms with van der Waals surface area (Å²) in [5, 5.41) is 12.0. The van der Waals surface area contributed by atoms with E-state index in [1.54, 1.807) is 24.3 Å². The number of hydrogen-bond donors (Lipinski definition) is 1. The molecule has 0 atom stereocenters. The van der Waals surface area contributed by atoms with Gasteiger partial charge in [-0.25, -0.2) is 4.79 Å². The van der Waals surface area contributed by atoms with Gasteiger partial charge in [-0.05, 0) is 25.0 Å². The number of ether oxygens (including phenoxy) is 2. The number of amides is 1. The molecule has 7 nitrogen and oxygen atoms in total. The van der Waals surface area contributed by atoms with Gasteiger partial charge in [0.1, 0.15) is 11.3 Å². The predicted molar refractivity (Wildman–Crippen MR) is 87.9 cm³/mol. The summed E-state index contributed by atoms with van der Waals surface area (Å²) in [6.45, 7) is -0.886. The molecule has 1 aliphatic rings. The minimum Gasteiger partial charge on any atom is -0.481 e. The molecule has 0 aromatic heterocycles. The molecule has 0 radical (unpaired) electrons. The van der Waals surface area contributed by atoms with E-state index in [-0.39, 0.29) is 5.75 Å². The Bertz CT molecular complexity index is 674. The molecule has 0 spiro atoms. The van der Waals surface area contributed by atoms with Crippen molar-refractivity contribution in [1.82, 2.24) is 5.32 Å². The summed E-state index contributed by atoms with van der Waals surface area (Å²) in [5.74, 6) is -0.972. The first-order valence-corrected chi connectivity index (χ1v) is 8.13. The normalized spacial score (nSPS) is 15.5. The number of esters is 1. The molecule has 1 saturated carbocycles. The highest BCUT2D eigenvalue weighted by Crippen LogP contribution is 2.27. The number of hydrogen-bond acceptors (Lipinski definition) is 6. The van der Waals surface area contributed by atoms with E-state index >= 15 is 0 Å². The standard InChI is InChI=1S/C18H20N2O5/c19-13-18(8-4-1-5-9-18)20-16(22)11-25-17(23)12-24-15-7-3-2-6-14(15)10-21/h2-3,6-7,10H,1,4-5,8-9,11-12H2,(H,20,22). The zero-order valence-corrected chi connectivity index (χ0v) is 13.8. The first kappa shape index (κ1) is 18.5. The molecule has 1 N–H and O–H groups in total. The van der Waals surface area contributed by atoms with Crippen LogP contribution in [0.5, 0.6) is 5.75 Å². The van der Waals surface area contributed by atoms with E-state index < -0.39 is 30.6 Å². The number of benzene rings is 1. The molecule has 7 heteroatoms. The Morgan fingerprint density at radius 3 is 2.60 bits per heavy atom. The summed E-state index contributed by atoms with van der Waals surface area (Å²) in [6.07, 6.45) is 4.66. The van der Waals surface area contributed by atoms with Crippen molar-refractivity contribution in [2.24, 2.45) is 0 Å². The highest BCUT2D eigenvalue weighted by Gasteiger charge is 2.33. The molecule has 0 unspecified atom stereocenters. The SMILES string of the molecule is N#CC1(NC(=O)COC(=O)COc2ccccc2C=O)CCCCC1. The van der Waals surface area contributed by atoms with Crippen LogP contribution in [0.2, 0.25) is 0 Å². The molecular weight excluding hydrogens is 324 g/mol. The van der Waals surface area contributed by atoms with Crippen molar-refractivity contribution in [2.45, 2.75) is 37.6 Å². The predicted octanol–water partition coefficient (Wildman–Crippen LogP) is 1.76. The lowest BCUT2D eigenvalue weighted by atomic mass is 9.83. The molecule has 132 valence electrons. The summed E-state index contributed by atoms with van der Waals surface area (Å²) in [6, 6.07) is 8.64. The summed E-state index contributed by atoms with van der Waals surface area (Å²) in [5.41, 5.74) is -0.539. The molecule has 1 aliphatic carbocycles. The maximum absolute atomic E-state index is 11.9. The molecule has 0 heterocycles. The number of rotatable bonds is 7. The molecule has 1 aromatic carbocycles. The van der Waals surface area contributed by atoms with Crippen LogP contribution < -0.4 is 10.1 Å². The molecule has 1 aromatic rings. The number of nitriles is 1. The van der Waals surface area contributed by atoms with Gasteiger partial charge >= 0.3 is 5.97 Å². The monoisotopic (exact) mass is 344 g/mol. The lowest BCUT2D eigenvalue weighted by molar-refractivity contribution is -0.150. The van der Waals surface area contributed by atoms with Gasteiger partial charge in [-0.2, -0.15) is 5.26 Å². The second kappa shape index (κ2) is 8.83. The molecule has 1 fully saturated rings. The van der Waals surface area contributed by atoms with Crippen molar-refractivity contribution in [3.8, 4) is 11.8 Å². The Morgan fingerprint density at radius 2 is 1.92 bits per heavy atom. The number of carbonyl (C=O) groups is 3. The van der Waals surface area contributed by atoms with Crippen molar-refractivity contribution < 1.29 is 23.9 Å². The van der Waals surface area contributed by atoms with Gasteiger partial charge in [0.05, 0.1) is 11.6 Å². The second-order valence-corrected chi connectivity index (χ2v) is 5.91. The fourth-order valence-electron chi connectivity index (χ4n) is 2.76. The lowest BCUT2D eigenvalue weighted by Gasteiger charge is -2.31. The van der Waals surface area contributed by atoms with Gasteiger partial charge < -0.3 is 14.8 Å². The Labute approximate surface area is 145 Å². The third-order valence-corrected chi connectivity index (χ3v) is 4.06. The van der Waals surface area contributed by atoms with Crippen LogP contribution >= 0.6 is 0 Å². The van der Waals surface area contributed by atoms with E-state index in [0.29, 0.717) is 24.7 Å². The number of para-hydroxylation sites is 1. The molecule has 0 saturated heterocycles. The average Bonchev–Trinajstić information content (AvgIpc) is 2.65. The Hall–Kier alpha value is -2.88. The quantitative estimate of drug-likeness (QED) is 0.597. The maximum atomic E-state index is 11.9. The van der Waals surface area contributed by atoms with Gasteiger partial charge in [-0.3, -0.25) is 9.59 Å². The van der Waals surface area contributed by atoms with Crippen LogP contribution in [-0.2, 0) is 14.3 Å². The van der Waals surface area contributed by atoms with Crippen LogP contribution in [0.15, 0.2) is 24.3 Å². The van der Waals surface area contributed by atoms with Gasteiger partial charge in [0, 0.05) is 0 Å². The van der Waals surface area contributed by atoms with Gasteiger partial charge in [-0.15, -0.1) is 0 Å². The molecule has 1 amide bonds. The molecule has 25 heavy (non-hydrogen) atoms. The first-order chi connectivity index (χ1) is 12.1. The minimum absolute atomic E-state index is 0.268.